The highest BCUT2D eigenvalue weighted by Crippen LogP contribution is 2.35. The zero-order chi connectivity index (χ0) is 16.1. The van der Waals surface area contributed by atoms with Gasteiger partial charge in [-0.25, -0.2) is 0 Å². The Morgan fingerprint density at radius 1 is 1.29 bits per heavy atom. The SMILES string of the molecule is Cc1nc(C2(NC(=O)CCC3CCNCC3)CCCCC2)no1.Cl. The number of hydrogen-bond donors (Lipinski definition) is 2. The fourth-order valence-electron chi connectivity index (χ4n) is 3.89. The smallest absolute Gasteiger partial charge is 0.223 e. The maximum absolute atomic E-state index is 12.5. The third-order valence-corrected chi connectivity index (χ3v) is 5.28. The van der Waals surface area contributed by atoms with Crippen LogP contribution in [-0.2, 0) is 10.3 Å². The largest absolute Gasteiger partial charge is 0.343 e. The average molecular weight is 357 g/mol. The van der Waals surface area contributed by atoms with Crippen molar-refractivity contribution >= 4 is 18.3 Å². The normalized spacial score (nSPS) is 21.0. The summed E-state index contributed by atoms with van der Waals surface area (Å²) in [7, 11) is 0. The minimum atomic E-state index is -0.415. The molecule has 1 saturated heterocycles. The molecule has 1 saturated carbocycles. The molecule has 0 bridgehead atoms. The molecule has 6 nitrogen and oxygen atoms in total. The van der Waals surface area contributed by atoms with E-state index in [1.165, 1.54) is 19.3 Å². The van der Waals surface area contributed by atoms with E-state index in [1.807, 2.05) is 0 Å². The van der Waals surface area contributed by atoms with Crippen LogP contribution in [0.5, 0.6) is 0 Å². The summed E-state index contributed by atoms with van der Waals surface area (Å²) < 4.78 is 5.16. The molecule has 7 heteroatoms. The van der Waals surface area contributed by atoms with Crippen molar-refractivity contribution in [3.05, 3.63) is 11.7 Å². The summed E-state index contributed by atoms with van der Waals surface area (Å²) in [5.74, 6) is 2.03. The van der Waals surface area contributed by atoms with Gasteiger partial charge in [0.1, 0.15) is 5.54 Å². The molecule has 2 heterocycles. The van der Waals surface area contributed by atoms with Gasteiger partial charge in [-0.2, -0.15) is 4.98 Å². The lowest BCUT2D eigenvalue weighted by Gasteiger charge is -2.35. The number of hydrogen-bond acceptors (Lipinski definition) is 5. The van der Waals surface area contributed by atoms with E-state index in [2.05, 4.69) is 20.8 Å². The molecule has 1 amide bonds. The van der Waals surface area contributed by atoms with Crippen LogP contribution >= 0.6 is 12.4 Å². The minimum Gasteiger partial charge on any atom is -0.343 e. The maximum Gasteiger partial charge on any atom is 0.223 e. The first-order valence-electron chi connectivity index (χ1n) is 9.00. The molecule has 1 aromatic rings. The quantitative estimate of drug-likeness (QED) is 0.847. The monoisotopic (exact) mass is 356 g/mol. The Hall–Kier alpha value is -1.14. The Labute approximate surface area is 149 Å². The van der Waals surface area contributed by atoms with Gasteiger partial charge in [0.25, 0.3) is 0 Å². The van der Waals surface area contributed by atoms with Gasteiger partial charge in [-0.3, -0.25) is 4.79 Å². The fourth-order valence-corrected chi connectivity index (χ4v) is 3.89. The molecule has 0 radical (unpaired) electrons. The second kappa shape index (κ2) is 8.81. The molecule has 0 unspecified atom stereocenters. The first kappa shape index (κ1) is 19.2. The minimum absolute atomic E-state index is 0. The van der Waals surface area contributed by atoms with Gasteiger partial charge in [-0.1, -0.05) is 24.4 Å². The van der Waals surface area contributed by atoms with Crippen molar-refractivity contribution in [2.75, 3.05) is 13.1 Å². The second-order valence-electron chi connectivity index (χ2n) is 7.06. The van der Waals surface area contributed by atoms with Crippen LogP contribution < -0.4 is 10.6 Å². The van der Waals surface area contributed by atoms with Crippen LogP contribution in [-0.4, -0.2) is 29.1 Å². The zero-order valence-electron chi connectivity index (χ0n) is 14.5. The van der Waals surface area contributed by atoms with Gasteiger partial charge < -0.3 is 15.2 Å². The first-order chi connectivity index (χ1) is 11.2. The fraction of sp³-hybridized carbons (Fsp3) is 0.824. The standard InChI is InChI=1S/C17H28N4O2.ClH/c1-13-19-16(21-23-13)17(9-3-2-4-10-17)20-15(22)6-5-14-7-11-18-12-8-14;/h14,18H,2-12H2,1H3,(H,20,22);1H. The lowest BCUT2D eigenvalue weighted by atomic mass is 9.80. The van der Waals surface area contributed by atoms with E-state index < -0.39 is 5.54 Å². The topological polar surface area (TPSA) is 80.0 Å². The molecule has 136 valence electrons. The number of halogens is 1. The zero-order valence-corrected chi connectivity index (χ0v) is 15.3. The molecule has 24 heavy (non-hydrogen) atoms. The average Bonchev–Trinajstić information content (AvgIpc) is 3.02. The first-order valence-corrected chi connectivity index (χ1v) is 9.00. The number of rotatable bonds is 5. The number of carbonyl (C=O) groups is 1. The molecule has 1 aliphatic heterocycles. The number of aryl methyl sites for hydroxylation is 1. The van der Waals surface area contributed by atoms with E-state index in [0.29, 0.717) is 24.1 Å². The van der Waals surface area contributed by atoms with E-state index in [4.69, 9.17) is 4.52 Å². The van der Waals surface area contributed by atoms with Gasteiger partial charge in [0.15, 0.2) is 5.82 Å². The van der Waals surface area contributed by atoms with Crippen molar-refractivity contribution in [1.82, 2.24) is 20.8 Å². The van der Waals surface area contributed by atoms with Gasteiger partial charge in [-0.15, -0.1) is 12.4 Å². The van der Waals surface area contributed by atoms with E-state index in [1.54, 1.807) is 6.92 Å². The summed E-state index contributed by atoms with van der Waals surface area (Å²) in [5, 5.41) is 10.7. The number of amides is 1. The third kappa shape index (κ3) is 4.70. The number of carbonyl (C=O) groups excluding carboxylic acids is 1. The van der Waals surface area contributed by atoms with Crippen LogP contribution in [0, 0.1) is 12.8 Å². The molecular formula is C17H29ClN4O2. The van der Waals surface area contributed by atoms with E-state index in [9.17, 15) is 4.79 Å². The highest BCUT2D eigenvalue weighted by Gasteiger charge is 2.39. The number of nitrogens with zero attached hydrogens (tertiary/aromatic N) is 2. The molecule has 3 rings (SSSR count). The van der Waals surface area contributed by atoms with Crippen molar-refractivity contribution < 1.29 is 9.32 Å². The summed E-state index contributed by atoms with van der Waals surface area (Å²) in [6.45, 7) is 3.96. The second-order valence-corrected chi connectivity index (χ2v) is 7.06. The van der Waals surface area contributed by atoms with Crippen molar-refractivity contribution in [1.29, 1.82) is 0 Å². The Balaban J connectivity index is 0.00000208. The Morgan fingerprint density at radius 2 is 2.00 bits per heavy atom. The third-order valence-electron chi connectivity index (χ3n) is 5.28. The summed E-state index contributed by atoms with van der Waals surface area (Å²) in [6.07, 6.45) is 9.17. The predicted octanol–water partition coefficient (Wildman–Crippen LogP) is 2.86. The van der Waals surface area contributed by atoms with Crippen LogP contribution in [0.4, 0.5) is 0 Å². The highest BCUT2D eigenvalue weighted by atomic mass is 35.5. The van der Waals surface area contributed by atoms with E-state index in [0.717, 1.165) is 45.2 Å². The van der Waals surface area contributed by atoms with E-state index >= 15 is 0 Å². The predicted molar refractivity (Wildman–Crippen MR) is 94.0 cm³/mol. The lowest BCUT2D eigenvalue weighted by molar-refractivity contribution is -0.124. The van der Waals surface area contributed by atoms with Gasteiger partial charge in [0, 0.05) is 13.3 Å². The summed E-state index contributed by atoms with van der Waals surface area (Å²) in [5.41, 5.74) is -0.415. The molecule has 1 aliphatic carbocycles. The van der Waals surface area contributed by atoms with Crippen LogP contribution in [0.15, 0.2) is 4.52 Å². The van der Waals surface area contributed by atoms with Crippen molar-refractivity contribution in [3.63, 3.8) is 0 Å². The summed E-state index contributed by atoms with van der Waals surface area (Å²) in [4.78, 5) is 16.9. The number of aromatic nitrogens is 2. The van der Waals surface area contributed by atoms with Crippen LogP contribution in [0.2, 0.25) is 0 Å². The van der Waals surface area contributed by atoms with Crippen molar-refractivity contribution in [2.45, 2.75) is 70.3 Å². The molecule has 2 aliphatic rings. The van der Waals surface area contributed by atoms with Crippen molar-refractivity contribution in [3.8, 4) is 0 Å². The Morgan fingerprint density at radius 3 is 2.62 bits per heavy atom. The van der Waals surface area contributed by atoms with Gasteiger partial charge in [-0.05, 0) is 51.1 Å². The van der Waals surface area contributed by atoms with Gasteiger partial charge >= 0.3 is 0 Å². The molecular weight excluding hydrogens is 328 g/mol. The molecule has 2 N–H and O–H groups in total. The summed E-state index contributed by atoms with van der Waals surface area (Å²) >= 11 is 0. The Kier molecular flexibility index (Phi) is 7.04. The number of piperidine rings is 1. The van der Waals surface area contributed by atoms with Gasteiger partial charge in [0.05, 0.1) is 0 Å². The Bertz CT molecular complexity index is 522. The maximum atomic E-state index is 12.5. The molecule has 0 spiro atoms. The molecule has 0 aromatic carbocycles. The molecule has 2 fully saturated rings. The van der Waals surface area contributed by atoms with Crippen LogP contribution in [0.25, 0.3) is 0 Å². The summed E-state index contributed by atoms with van der Waals surface area (Å²) in [6, 6.07) is 0. The van der Waals surface area contributed by atoms with Crippen molar-refractivity contribution in [2.24, 2.45) is 5.92 Å². The number of nitrogens with one attached hydrogen (secondary N) is 2. The molecule has 0 atom stereocenters. The highest BCUT2D eigenvalue weighted by molar-refractivity contribution is 5.85. The van der Waals surface area contributed by atoms with Gasteiger partial charge in [0.2, 0.25) is 11.8 Å². The molecule has 1 aromatic heterocycles. The van der Waals surface area contributed by atoms with E-state index in [-0.39, 0.29) is 18.3 Å². The lowest BCUT2D eigenvalue weighted by Crippen LogP contribution is -2.48. The van der Waals surface area contributed by atoms with Crippen LogP contribution in [0.3, 0.4) is 0 Å². The van der Waals surface area contributed by atoms with Crippen LogP contribution in [0.1, 0.15) is 69.5 Å².